The van der Waals surface area contributed by atoms with Gasteiger partial charge in [-0.2, -0.15) is 0 Å². The van der Waals surface area contributed by atoms with Crippen LogP contribution in [0.5, 0.6) is 0 Å². The van der Waals surface area contributed by atoms with Crippen LogP contribution < -0.4 is 59.1 Å². The number of nitrogens with zero attached hydrogens (tertiary/aromatic N) is 49. The summed E-state index contributed by atoms with van der Waals surface area (Å²) in [4.78, 5) is 52.2. The molecule has 55 nitrogen and oxygen atoms in total. The van der Waals surface area contributed by atoms with Gasteiger partial charge in [0, 0.05) is 113 Å². The largest absolute Gasteiger partial charge is 1.00 e. The zero-order valence-electron chi connectivity index (χ0n) is 46.3. The van der Waals surface area contributed by atoms with E-state index in [0.717, 1.165) is 12.2 Å². The van der Waals surface area contributed by atoms with Gasteiger partial charge in [-0.25, -0.2) is 0 Å². The third-order valence-electron chi connectivity index (χ3n) is 7.89. The smallest absolute Gasteiger partial charge is 0.389 e. The van der Waals surface area contributed by atoms with Crippen molar-refractivity contribution in [3.63, 3.8) is 0 Å². The molecule has 2 aliphatic heterocycles. The summed E-state index contributed by atoms with van der Waals surface area (Å²) in [5.74, 6) is 2.00. The molecule has 2 rings (SSSR count). The Morgan fingerprint density at radius 3 is 0.910 bits per heavy atom. The van der Waals surface area contributed by atoms with E-state index in [1.807, 2.05) is 0 Å². The minimum atomic E-state index is -1.78. The van der Waals surface area contributed by atoms with Crippen LogP contribution in [0.2, 0.25) is 0 Å². The number of rotatable bonds is 33. The fraction of sp³-hybridized carbons (Fsp3) is 0.857. The molecule has 0 atom stereocenters. The number of ether oxygens (including phenoxy) is 2. The molecule has 0 saturated carbocycles. The Kier molecular flexibility index (Phi) is 78.9. The van der Waals surface area contributed by atoms with Crippen LogP contribution in [0.15, 0.2) is 95.9 Å². The van der Waals surface area contributed by atoms with E-state index in [0.29, 0.717) is 35.7 Å². The van der Waals surface area contributed by atoms with Crippen molar-refractivity contribution < 1.29 is 83.6 Å². The second-order valence-electron chi connectivity index (χ2n) is 14.3. The first kappa shape index (κ1) is 98.7. The van der Waals surface area contributed by atoms with Gasteiger partial charge in [0.15, 0.2) is 0 Å². The first-order valence-electron chi connectivity index (χ1n) is 21.2. The van der Waals surface area contributed by atoms with Crippen molar-refractivity contribution in [3.05, 3.63) is 213 Å². The summed E-state index contributed by atoms with van der Waals surface area (Å²) in [5, 5.41) is 63.5. The summed E-state index contributed by atoms with van der Waals surface area (Å²) in [6, 6.07) is 0. The average molecular weight is 1350 g/mol. The average Bonchev–Trinajstić information content (AvgIpc) is 4.55. The van der Waals surface area contributed by atoms with Crippen molar-refractivity contribution in [3.8, 4) is 0 Å². The normalized spacial score (nSPS) is 13.2. The first-order valence-corrected chi connectivity index (χ1v) is 23.3. The third-order valence-corrected chi connectivity index (χ3v) is 9.62. The van der Waals surface area contributed by atoms with E-state index >= 15 is 0 Å². The van der Waals surface area contributed by atoms with Crippen molar-refractivity contribution in [2.75, 3.05) is 122 Å². The summed E-state index contributed by atoms with van der Waals surface area (Å²) < 4.78 is 9.90. The number of azide groups is 14. The molecular weight excluding hydrogens is 1310 g/mol. The van der Waals surface area contributed by atoms with Gasteiger partial charge in [-0.15, -0.1) is 56.5 Å². The summed E-state index contributed by atoms with van der Waals surface area (Å²) in [6.45, 7) is 5.86. The molecule has 2 aliphatic rings. The molecule has 0 aliphatic carbocycles. The summed E-state index contributed by atoms with van der Waals surface area (Å²) in [6.07, 6.45) is 0. The molecule has 0 amide bonds. The van der Waals surface area contributed by atoms with Crippen molar-refractivity contribution in [1.29, 1.82) is 0 Å². The van der Waals surface area contributed by atoms with E-state index in [1.165, 1.54) is 9.82 Å². The summed E-state index contributed by atoms with van der Waals surface area (Å²) in [5.41, 5.74) is 136. The Bertz CT molecular complexity index is 2670. The van der Waals surface area contributed by atoms with E-state index in [9.17, 15) is 15.2 Å². The van der Waals surface area contributed by atoms with E-state index in [2.05, 4.69) is 158 Å². The molecule has 2 heterocycles. The summed E-state index contributed by atoms with van der Waals surface area (Å²) in [7, 11) is 0. The maximum atomic E-state index is 10.3. The Balaban J connectivity index is -0.000000120. The van der Waals surface area contributed by atoms with Crippen molar-refractivity contribution in [2.24, 2.45) is 71.6 Å². The van der Waals surface area contributed by atoms with E-state index < -0.39 is 47.1 Å². The number of hydrogen-bond acceptors (Lipinski definition) is 20. The van der Waals surface area contributed by atoms with Crippen LogP contribution in [0.3, 0.4) is 0 Å². The molecule has 0 bridgehead atoms. The molecule has 89 heavy (non-hydrogen) atoms. The molecule has 0 radical (unpaired) electrons. The monoisotopic (exact) mass is 1350 g/mol. The van der Waals surface area contributed by atoms with Crippen molar-refractivity contribution >= 4 is 46.4 Å². The van der Waals surface area contributed by atoms with Gasteiger partial charge in [0.2, 0.25) is 0 Å². The third kappa shape index (κ3) is 67.7. The zero-order valence-corrected chi connectivity index (χ0v) is 53.3. The molecule has 466 valence electrons. The molecule has 2 saturated heterocycles. The van der Waals surface area contributed by atoms with Crippen LogP contribution in [0.1, 0.15) is 0 Å². The van der Waals surface area contributed by atoms with Crippen LogP contribution in [-0.2, 0) is 14.3 Å². The maximum Gasteiger partial charge on any atom is 1.00 e. The Labute approximate surface area is 560 Å². The zero-order chi connectivity index (χ0) is 68.0. The molecule has 1 N–H and O–H groups in total. The van der Waals surface area contributed by atoms with Crippen LogP contribution in [0.4, 0.5) is 0 Å². The van der Waals surface area contributed by atoms with Gasteiger partial charge in [0.1, 0.15) is 16.8 Å². The number of aliphatic hydroxyl groups is 1. The van der Waals surface area contributed by atoms with Crippen LogP contribution in [0, 0.1) is 10.1 Å². The van der Waals surface area contributed by atoms with Gasteiger partial charge >= 0.3 is 59.1 Å². The van der Waals surface area contributed by atoms with Gasteiger partial charge in [-0.1, -0.05) is 90.3 Å². The molecule has 0 spiro atoms. The van der Waals surface area contributed by atoms with Gasteiger partial charge in [0.25, 0.3) is 5.09 Å². The SMILES string of the molecule is C=C(CCl)CCl.C=C(CN=[N+]=[N-])CN=[N+]=[N-].ClCC1(CCl)CO1.[N-]=[N+]=NCC(CN=[N+]=[N-])(CN=[N+]=[N-])N=[N+]=[N-].[N-]=[N+]=NCC(CN=[N+]=[N-])(CN=[N+]=[N-])O[N+](=O)[O-].[N-]=[N+]=NCC(O)(CN=[N+]=[N-])CN=[N+]=[N-].[N-]=[N+]=NCC1(CN=[N+]=[N-])CO1.[N-]=[N+]=[N-].[N-]=[N+]=[N-].[Na+].[Na+]. The van der Waals surface area contributed by atoms with Crippen LogP contribution >= 0.6 is 46.4 Å². The molecule has 0 aromatic heterocycles. The number of allylic oxidation sites excluding steroid dienone is 1. The molecule has 2 fully saturated rings. The molecule has 0 unspecified atom stereocenters. The van der Waals surface area contributed by atoms with Crippen molar-refractivity contribution in [2.45, 2.75) is 27.9 Å². The fourth-order valence-corrected chi connectivity index (χ4v) is 4.52. The van der Waals surface area contributed by atoms with Crippen molar-refractivity contribution in [1.82, 2.24) is 0 Å². The fourth-order valence-electron chi connectivity index (χ4n) is 3.64. The summed E-state index contributed by atoms with van der Waals surface area (Å²) >= 11 is 21.4. The van der Waals surface area contributed by atoms with Gasteiger partial charge in [-0.05, 0) is 83.0 Å². The van der Waals surface area contributed by atoms with Gasteiger partial charge in [-0.3, -0.25) is 9.82 Å². The van der Waals surface area contributed by atoms with Crippen LogP contribution in [0.25, 0.3) is 178 Å². The minimum Gasteiger partial charge on any atom is -0.389 e. The predicted octanol–water partition coefficient (Wildman–Crippen LogP) is 9.01. The predicted molar refractivity (Wildman–Crippen MR) is 308 cm³/mol. The molecule has 0 aromatic rings. The topological polar surface area (TPSA) is 898 Å². The Hall–Kier alpha value is -9.32. The minimum absolute atomic E-state index is 0. The van der Waals surface area contributed by atoms with Gasteiger partial charge in [0.05, 0.1) is 88.5 Å². The van der Waals surface area contributed by atoms with E-state index in [4.69, 9.17) is 155 Å². The molecule has 0 aromatic carbocycles. The van der Waals surface area contributed by atoms with Gasteiger partial charge < -0.3 is 41.5 Å². The number of epoxide rings is 2. The standard InChI is InChI=1S/C4H6Cl2O.C4H6Cl2.C4H6N12.C4H6N10O3.C4H7N9O.C4H6N6O.C4H6N6.2N3.2Na/c5-1-4(2-6)3-7-4;1-4(2-5)3-6;5-13-9-1-4(12-16-8,2-10-14-6)3-11-15-7;5-11-8-1-4(2-9-12-6,3-10-13-7)17-14(15)16;5-11-8-1-4(14,2-9-12-6)3-10-13-7;5-9-7-1-4(3-11-4)2-8-10-6;1-4(2-7-9-5)3-8-10-6;2*1-3-2;;/h1-3H2;1-3H2;1-3H2;1-3H2;14H,1-3H2;1-3H2;1-3H2;;;;/q;;;;;;;2*-1;2*+1. The molecule has 61 heteroatoms. The quantitative estimate of drug-likeness (QED) is 0.00768. The number of hydrogen-bond donors (Lipinski definition) is 1. The maximum absolute atomic E-state index is 10.3. The number of halogens is 4. The second kappa shape index (κ2) is 71.2. The number of alkyl halides is 4. The second-order valence-corrected chi connectivity index (χ2v) is 15.4. The Morgan fingerprint density at radius 1 is 0.461 bits per heavy atom. The van der Waals surface area contributed by atoms with E-state index in [1.54, 1.807) is 0 Å². The Morgan fingerprint density at radius 2 is 0.719 bits per heavy atom. The first-order chi connectivity index (χ1) is 41.6. The van der Waals surface area contributed by atoms with E-state index in [-0.39, 0.29) is 130 Å². The van der Waals surface area contributed by atoms with Crippen LogP contribution in [-0.4, -0.2) is 160 Å². The molecular formula is C28H43Cl4N49Na2O6.